The van der Waals surface area contributed by atoms with E-state index in [1.165, 1.54) is 23.0 Å². The topological polar surface area (TPSA) is 90.1 Å². The summed E-state index contributed by atoms with van der Waals surface area (Å²) in [7, 11) is 1.59. The molecule has 2 rings (SSSR count). The smallest absolute Gasteiger partial charge is 0.358 e. The molecule has 0 aliphatic heterocycles. The number of amides is 1. The van der Waals surface area contributed by atoms with Gasteiger partial charge in [-0.2, -0.15) is 4.68 Å². The van der Waals surface area contributed by atoms with Gasteiger partial charge in [0.25, 0.3) is 0 Å². The van der Waals surface area contributed by atoms with E-state index in [0.717, 1.165) is 12.8 Å². The van der Waals surface area contributed by atoms with Crippen molar-refractivity contribution >= 4 is 17.8 Å². The first kappa shape index (κ1) is 11.3. The van der Waals surface area contributed by atoms with Gasteiger partial charge in [0.1, 0.15) is 0 Å². The fraction of sp³-hybridized carbons (Fsp3) is 0.400. The zero-order chi connectivity index (χ0) is 12.4. The summed E-state index contributed by atoms with van der Waals surface area (Å²) in [5.41, 5.74) is 0.323. The minimum atomic E-state index is -0.571. The van der Waals surface area contributed by atoms with E-state index in [4.69, 9.17) is 0 Å². The Kier molecular flexibility index (Phi) is 2.90. The highest BCUT2D eigenvalue weighted by Gasteiger charge is 2.22. The SMILES string of the molecule is Cn1cc(/C=C/C(=O)NC2CC2)c([N+](=O)[O-])n1. The van der Waals surface area contributed by atoms with Crippen molar-refractivity contribution in [2.45, 2.75) is 18.9 Å². The van der Waals surface area contributed by atoms with Gasteiger partial charge in [0.15, 0.2) is 0 Å². The second kappa shape index (κ2) is 4.36. The molecule has 0 radical (unpaired) electrons. The largest absolute Gasteiger partial charge is 0.397 e. The third-order valence-electron chi connectivity index (χ3n) is 2.35. The number of nitrogens with zero attached hydrogens (tertiary/aromatic N) is 3. The van der Waals surface area contributed by atoms with Crippen molar-refractivity contribution in [1.29, 1.82) is 0 Å². The summed E-state index contributed by atoms with van der Waals surface area (Å²) in [5.74, 6) is -0.478. The lowest BCUT2D eigenvalue weighted by atomic mass is 10.3. The van der Waals surface area contributed by atoms with Gasteiger partial charge in [0.05, 0.1) is 23.9 Å². The molecule has 0 bridgehead atoms. The van der Waals surface area contributed by atoms with E-state index < -0.39 is 4.92 Å². The number of aryl methyl sites for hydroxylation is 1. The van der Waals surface area contributed by atoms with E-state index in [9.17, 15) is 14.9 Å². The Labute approximate surface area is 97.3 Å². The van der Waals surface area contributed by atoms with Crippen LogP contribution in [0.4, 0.5) is 5.82 Å². The van der Waals surface area contributed by atoms with Crippen molar-refractivity contribution < 1.29 is 9.72 Å². The van der Waals surface area contributed by atoms with Crippen LogP contribution >= 0.6 is 0 Å². The molecule has 1 aromatic heterocycles. The molecular weight excluding hydrogens is 224 g/mol. The molecule has 90 valence electrons. The lowest BCUT2D eigenvalue weighted by Gasteiger charge is -1.95. The summed E-state index contributed by atoms with van der Waals surface area (Å²) in [4.78, 5) is 21.5. The molecule has 1 heterocycles. The van der Waals surface area contributed by atoms with Crippen LogP contribution in [0.3, 0.4) is 0 Å². The van der Waals surface area contributed by atoms with Crippen molar-refractivity contribution in [3.8, 4) is 0 Å². The van der Waals surface area contributed by atoms with Crippen LogP contribution in [0.2, 0.25) is 0 Å². The van der Waals surface area contributed by atoms with Gasteiger partial charge in [-0.1, -0.05) is 0 Å². The summed E-state index contributed by atoms with van der Waals surface area (Å²) in [5, 5.41) is 17.1. The monoisotopic (exact) mass is 236 g/mol. The maximum Gasteiger partial charge on any atom is 0.397 e. The molecule has 1 amide bonds. The van der Waals surface area contributed by atoms with Gasteiger partial charge in [-0.05, 0) is 23.8 Å². The van der Waals surface area contributed by atoms with Crippen molar-refractivity contribution in [3.63, 3.8) is 0 Å². The third kappa shape index (κ3) is 2.90. The molecule has 17 heavy (non-hydrogen) atoms. The van der Waals surface area contributed by atoms with Crippen LogP contribution in [0.1, 0.15) is 18.4 Å². The van der Waals surface area contributed by atoms with Gasteiger partial charge in [-0.3, -0.25) is 4.79 Å². The van der Waals surface area contributed by atoms with E-state index in [0.29, 0.717) is 5.56 Å². The standard InChI is InChI=1S/C10H12N4O3/c1-13-6-7(10(12-13)14(16)17)2-5-9(15)11-8-3-4-8/h2,5-6,8H,3-4H2,1H3,(H,11,15)/b5-2+. The Balaban J connectivity index is 2.08. The Morgan fingerprint density at radius 3 is 3.00 bits per heavy atom. The molecule has 0 spiro atoms. The van der Waals surface area contributed by atoms with Crippen molar-refractivity contribution in [2.75, 3.05) is 0 Å². The van der Waals surface area contributed by atoms with Gasteiger partial charge in [-0.25, -0.2) is 0 Å². The number of carbonyl (C=O) groups excluding carboxylic acids is 1. The van der Waals surface area contributed by atoms with Crippen molar-refractivity contribution in [3.05, 3.63) is 28.0 Å². The quantitative estimate of drug-likeness (QED) is 0.471. The average molecular weight is 236 g/mol. The molecule has 1 aliphatic carbocycles. The fourth-order valence-corrected chi connectivity index (χ4v) is 1.40. The Bertz CT molecular complexity index is 488. The Hall–Kier alpha value is -2.18. The van der Waals surface area contributed by atoms with Crippen molar-refractivity contribution in [1.82, 2.24) is 15.1 Å². The summed E-state index contributed by atoms with van der Waals surface area (Å²) in [6.45, 7) is 0. The first-order valence-electron chi connectivity index (χ1n) is 5.23. The lowest BCUT2D eigenvalue weighted by Crippen LogP contribution is -2.22. The molecule has 0 unspecified atom stereocenters. The van der Waals surface area contributed by atoms with Crippen LogP contribution in [0, 0.1) is 10.1 Å². The zero-order valence-electron chi connectivity index (χ0n) is 9.29. The van der Waals surface area contributed by atoms with E-state index >= 15 is 0 Å². The van der Waals surface area contributed by atoms with Crippen LogP contribution in [0.15, 0.2) is 12.3 Å². The average Bonchev–Trinajstić information content (AvgIpc) is 2.97. The highest BCUT2D eigenvalue weighted by Crippen LogP contribution is 2.19. The maximum absolute atomic E-state index is 11.4. The molecule has 7 nitrogen and oxygen atoms in total. The van der Waals surface area contributed by atoms with Crippen LogP contribution in [0.25, 0.3) is 6.08 Å². The highest BCUT2D eigenvalue weighted by atomic mass is 16.6. The Morgan fingerprint density at radius 1 is 1.71 bits per heavy atom. The minimum Gasteiger partial charge on any atom is -0.358 e. The molecule has 0 aromatic carbocycles. The van der Waals surface area contributed by atoms with Gasteiger partial charge >= 0.3 is 5.82 Å². The lowest BCUT2D eigenvalue weighted by molar-refractivity contribution is -0.390. The van der Waals surface area contributed by atoms with Gasteiger partial charge < -0.3 is 15.4 Å². The van der Waals surface area contributed by atoms with Crippen LogP contribution in [-0.2, 0) is 11.8 Å². The number of hydrogen-bond acceptors (Lipinski definition) is 4. The first-order valence-corrected chi connectivity index (χ1v) is 5.23. The number of hydrogen-bond donors (Lipinski definition) is 1. The predicted molar refractivity (Wildman–Crippen MR) is 60.1 cm³/mol. The molecule has 1 saturated carbocycles. The predicted octanol–water partition coefficient (Wildman–Crippen LogP) is 0.620. The number of nitro groups is 1. The fourth-order valence-electron chi connectivity index (χ4n) is 1.40. The second-order valence-electron chi connectivity index (χ2n) is 3.96. The molecule has 1 aromatic rings. The molecule has 1 N–H and O–H groups in total. The number of aromatic nitrogens is 2. The summed E-state index contributed by atoms with van der Waals surface area (Å²) >= 11 is 0. The minimum absolute atomic E-state index is 0.231. The summed E-state index contributed by atoms with van der Waals surface area (Å²) in [6, 6.07) is 0.274. The van der Waals surface area contributed by atoms with E-state index in [1.807, 2.05) is 0 Å². The van der Waals surface area contributed by atoms with E-state index in [-0.39, 0.29) is 17.8 Å². The van der Waals surface area contributed by atoms with Gasteiger partial charge in [0.2, 0.25) is 5.91 Å². The zero-order valence-corrected chi connectivity index (χ0v) is 9.29. The van der Waals surface area contributed by atoms with Gasteiger partial charge in [0, 0.05) is 12.1 Å². The van der Waals surface area contributed by atoms with Gasteiger partial charge in [-0.15, -0.1) is 0 Å². The van der Waals surface area contributed by atoms with Crippen LogP contribution in [-0.4, -0.2) is 26.7 Å². The summed E-state index contributed by atoms with van der Waals surface area (Å²) < 4.78 is 1.34. The van der Waals surface area contributed by atoms with E-state index in [1.54, 1.807) is 7.05 Å². The second-order valence-corrected chi connectivity index (χ2v) is 3.96. The maximum atomic E-state index is 11.4. The van der Waals surface area contributed by atoms with Crippen LogP contribution < -0.4 is 5.32 Å². The number of nitrogens with one attached hydrogen (secondary N) is 1. The molecule has 7 heteroatoms. The highest BCUT2D eigenvalue weighted by molar-refractivity contribution is 5.92. The third-order valence-corrected chi connectivity index (χ3v) is 2.35. The molecule has 1 aliphatic rings. The molecular formula is C10H12N4O3. The molecule has 0 atom stereocenters. The normalized spacial score (nSPS) is 15.1. The first-order chi connectivity index (χ1) is 8.06. The van der Waals surface area contributed by atoms with E-state index in [2.05, 4.69) is 10.4 Å². The molecule has 1 fully saturated rings. The van der Waals surface area contributed by atoms with Crippen molar-refractivity contribution in [2.24, 2.45) is 7.05 Å². The molecule has 0 saturated heterocycles. The number of rotatable bonds is 4. The van der Waals surface area contributed by atoms with Crippen LogP contribution in [0.5, 0.6) is 0 Å². The Morgan fingerprint density at radius 2 is 2.41 bits per heavy atom. The number of carbonyl (C=O) groups is 1. The summed E-state index contributed by atoms with van der Waals surface area (Å²) in [6.07, 6.45) is 6.21.